The van der Waals surface area contributed by atoms with Gasteiger partial charge in [0.2, 0.25) is 29.5 Å². The van der Waals surface area contributed by atoms with Gasteiger partial charge in [-0.3, -0.25) is 54.6 Å². The summed E-state index contributed by atoms with van der Waals surface area (Å²) in [6.45, 7) is 5.41. The van der Waals surface area contributed by atoms with Crippen molar-refractivity contribution >= 4 is 82.1 Å². The maximum atomic E-state index is 14.4. The van der Waals surface area contributed by atoms with Crippen molar-refractivity contribution in [1.82, 2.24) is 42.5 Å². The maximum Gasteiger partial charge on any atom is 0.255 e. The first kappa shape index (κ1) is 68.5. The Balaban J connectivity index is 1.60. The summed E-state index contributed by atoms with van der Waals surface area (Å²) in [7, 11) is 7.07. The molecule has 3 aromatic carbocycles. The molecule has 1 aliphatic carbocycles. The zero-order valence-corrected chi connectivity index (χ0v) is 49.5. The van der Waals surface area contributed by atoms with E-state index in [9.17, 15) is 38.4 Å². The van der Waals surface area contributed by atoms with E-state index in [0.717, 1.165) is 0 Å². The third-order valence-electron chi connectivity index (χ3n) is 13.1. The summed E-state index contributed by atoms with van der Waals surface area (Å²) in [5.41, 5.74) is 12.0. The molecule has 0 saturated carbocycles. The minimum absolute atomic E-state index is 0.0238. The Labute approximate surface area is 499 Å². The molecule has 4 rings (SSSR count). The van der Waals surface area contributed by atoms with Crippen LogP contribution in [-0.2, 0) is 28.7 Å². The lowest BCUT2D eigenvalue weighted by atomic mass is 9.97. The highest BCUT2D eigenvalue weighted by molar-refractivity contribution is 6.06. The molecule has 18 N–H and O–H groups in total. The van der Waals surface area contributed by atoms with Crippen molar-refractivity contribution in [1.29, 1.82) is 16.2 Å². The number of nitrogens with one attached hydrogen (secondary N) is 14. The summed E-state index contributed by atoms with van der Waals surface area (Å²) in [4.78, 5) is 110. The van der Waals surface area contributed by atoms with Gasteiger partial charge in [0.05, 0.1) is 50.0 Å². The van der Waals surface area contributed by atoms with Crippen molar-refractivity contribution in [2.24, 2.45) is 23.3 Å². The molecule has 0 bridgehead atoms. The molecule has 5 atom stereocenters. The third-order valence-corrected chi connectivity index (χ3v) is 13.1. The first-order valence-electron chi connectivity index (χ1n) is 27.5. The summed E-state index contributed by atoms with van der Waals surface area (Å²) < 4.78 is 22.0. The van der Waals surface area contributed by atoms with E-state index in [1.54, 1.807) is 51.3 Å². The second-order valence-electron chi connectivity index (χ2n) is 19.8. The van der Waals surface area contributed by atoms with Crippen LogP contribution in [0, 0.1) is 28.1 Å². The van der Waals surface area contributed by atoms with Crippen molar-refractivity contribution in [2.45, 2.75) is 83.5 Å². The molecule has 0 heterocycles. The molecule has 0 fully saturated rings. The molecule has 86 heavy (non-hydrogen) atoms. The van der Waals surface area contributed by atoms with E-state index in [2.05, 4.69) is 58.5 Å². The fourth-order valence-electron chi connectivity index (χ4n) is 8.48. The van der Waals surface area contributed by atoms with Crippen LogP contribution in [0.1, 0.15) is 90.4 Å². The normalized spacial score (nSPS) is 15.7. The Morgan fingerprint density at radius 1 is 0.558 bits per heavy atom. The van der Waals surface area contributed by atoms with E-state index < -0.39 is 65.6 Å². The average Bonchev–Trinajstić information content (AvgIpc) is 3.52. The zero-order chi connectivity index (χ0) is 63.5. The van der Waals surface area contributed by atoms with Gasteiger partial charge in [-0.05, 0) is 112 Å². The molecule has 7 amide bonds. The number of anilines is 3. The van der Waals surface area contributed by atoms with Gasteiger partial charge in [0.25, 0.3) is 11.8 Å². The Hall–Kier alpha value is -9.99. The van der Waals surface area contributed by atoms with Crippen molar-refractivity contribution in [3.05, 3.63) is 107 Å². The summed E-state index contributed by atoms with van der Waals surface area (Å²) in [6.07, 6.45) is 7.84. The number of hydrogen-bond donors (Lipinski definition) is 16. The van der Waals surface area contributed by atoms with Gasteiger partial charge in [0.15, 0.2) is 23.7 Å². The number of Topliss-reactive ketones (excluding diaryl/α,β-unsaturated/α-hetero) is 1. The lowest BCUT2D eigenvalue weighted by Gasteiger charge is -2.25. The van der Waals surface area contributed by atoms with Gasteiger partial charge in [0, 0.05) is 62.5 Å². The molecular formula is C58H80N16O12. The molecule has 0 saturated heterocycles. The number of hydrogen-bond acceptors (Lipinski definition) is 15. The van der Waals surface area contributed by atoms with Crippen molar-refractivity contribution in [3.8, 4) is 17.2 Å². The first-order valence-corrected chi connectivity index (χ1v) is 27.5. The standard InChI is InChI=1S/C58H80N16O12/c1-32(2)49(76)69-36-20-24-47(85-7)40(30-36)51(78)74-44(15-11-27-66-57(61)62)55(82)71-37-21-25-48(86-8)41(31-37)52(79)73-42(16-12-28-67-58(63)64-4)53(80)68-34-13-9-17-45(83-5)38(22-18-34)50(77)72-43(14-10-26-65-56(59)60)54(81)70-35-19-23-46(84-6)39(29-35)33(3)75/h9,13,17-25,29-32,38,42-45H,10-12,14-16,26-28H2,1-8H3,(H,68,80)(H,69,76)(H,70,81)(H,71,82)(H,72,77)(H,73,79)(H,74,78)(H4,59,60,65)(H4,61,62,66)(H3,63,64,67)/b17-9-,22-18+,34-13+/t38?,42-,43-,44-,45?/m1/s1. The molecule has 2 unspecified atom stereocenters. The third kappa shape index (κ3) is 21.6. The average molecular weight is 1190 g/mol. The minimum Gasteiger partial charge on any atom is -0.496 e. The highest BCUT2D eigenvalue weighted by Crippen LogP contribution is 2.27. The number of amides is 7. The Morgan fingerprint density at radius 2 is 0.977 bits per heavy atom. The lowest BCUT2D eigenvalue weighted by molar-refractivity contribution is -0.130. The molecule has 464 valence electrons. The quantitative estimate of drug-likeness (QED) is 0.0190. The van der Waals surface area contributed by atoms with Crippen LogP contribution in [0.5, 0.6) is 17.2 Å². The fraction of sp³-hybridized carbons (Fsp3) is 0.397. The molecule has 0 spiro atoms. The van der Waals surface area contributed by atoms with E-state index in [1.165, 1.54) is 90.0 Å². The summed E-state index contributed by atoms with van der Waals surface area (Å²) in [6, 6.07) is 9.70. The molecule has 3 aromatic rings. The molecule has 1 aliphatic rings. The van der Waals surface area contributed by atoms with Gasteiger partial charge in [-0.2, -0.15) is 0 Å². The predicted octanol–water partition coefficient (Wildman–Crippen LogP) is 2.28. The van der Waals surface area contributed by atoms with E-state index in [4.69, 9.17) is 46.6 Å². The number of nitrogens with two attached hydrogens (primary N) is 2. The van der Waals surface area contributed by atoms with Gasteiger partial charge in [0.1, 0.15) is 35.4 Å². The van der Waals surface area contributed by atoms with Crippen molar-refractivity contribution < 1.29 is 57.3 Å². The van der Waals surface area contributed by atoms with E-state index in [0.29, 0.717) is 17.9 Å². The van der Waals surface area contributed by atoms with Crippen LogP contribution in [0.4, 0.5) is 17.1 Å². The number of methoxy groups -OCH3 is 4. The molecule has 0 aromatic heterocycles. The number of ketones is 1. The lowest BCUT2D eigenvalue weighted by Crippen LogP contribution is -2.48. The molecule has 28 nitrogen and oxygen atoms in total. The van der Waals surface area contributed by atoms with Crippen LogP contribution >= 0.6 is 0 Å². The zero-order valence-electron chi connectivity index (χ0n) is 49.5. The second kappa shape index (κ2) is 34.6. The topological polar surface area (TPSA) is 429 Å². The number of rotatable bonds is 31. The number of benzene rings is 3. The van der Waals surface area contributed by atoms with Gasteiger partial charge < -0.3 is 88.9 Å². The largest absolute Gasteiger partial charge is 0.496 e. The Bertz CT molecular complexity index is 3050. The monoisotopic (exact) mass is 1190 g/mol. The summed E-state index contributed by atoms with van der Waals surface area (Å²) in [5, 5.41) is 53.3. The summed E-state index contributed by atoms with van der Waals surface area (Å²) in [5.74, 6) is -6.09. The van der Waals surface area contributed by atoms with E-state index in [-0.39, 0.29) is 132 Å². The smallest absolute Gasteiger partial charge is 0.255 e. The van der Waals surface area contributed by atoms with Crippen LogP contribution in [0.25, 0.3) is 0 Å². The number of ether oxygens (including phenoxy) is 4. The van der Waals surface area contributed by atoms with E-state index >= 15 is 0 Å². The van der Waals surface area contributed by atoms with Gasteiger partial charge in [-0.1, -0.05) is 32.1 Å². The number of allylic oxidation sites excluding steroid dienone is 3. The molecular weight excluding hydrogens is 1110 g/mol. The van der Waals surface area contributed by atoms with Crippen LogP contribution in [-0.4, -0.2) is 144 Å². The SMILES string of the molecule is CNC(=N)NCCC[C@@H](NC(=O)c1cc(NC(=O)[C@@H](CCCNC(=N)N)NC(=O)c2cc(NC(=O)C(C)C)ccc2OC)ccc1OC)C(=O)NC1=C/C=C\C(OC)C(C(=O)N[C@H](CCCNC(=N)N)C(=O)Nc2ccc(OC)c(C(C)=O)c2)\C=C\1. The Kier molecular flexibility index (Phi) is 27.5. The highest BCUT2D eigenvalue weighted by Gasteiger charge is 2.31. The molecule has 0 radical (unpaired) electrons. The molecule has 0 aliphatic heterocycles. The first-order chi connectivity index (χ1) is 41.0. The van der Waals surface area contributed by atoms with Gasteiger partial charge in [-0.15, -0.1) is 0 Å². The van der Waals surface area contributed by atoms with Crippen LogP contribution < -0.4 is 84.2 Å². The fourth-order valence-corrected chi connectivity index (χ4v) is 8.48. The number of carbonyl (C=O) groups is 8. The maximum absolute atomic E-state index is 14.4. The summed E-state index contributed by atoms with van der Waals surface area (Å²) >= 11 is 0. The number of guanidine groups is 3. The van der Waals surface area contributed by atoms with E-state index in [1.807, 2.05) is 0 Å². The van der Waals surface area contributed by atoms with Gasteiger partial charge in [-0.25, -0.2) is 0 Å². The predicted molar refractivity (Wildman–Crippen MR) is 325 cm³/mol. The van der Waals surface area contributed by atoms with Crippen LogP contribution in [0.3, 0.4) is 0 Å². The Morgan fingerprint density at radius 3 is 1.40 bits per heavy atom. The van der Waals surface area contributed by atoms with Crippen LogP contribution in [0.2, 0.25) is 0 Å². The number of carbonyl (C=O) groups excluding carboxylic acids is 8. The highest BCUT2D eigenvalue weighted by atomic mass is 16.5. The second-order valence-corrected chi connectivity index (χ2v) is 19.8. The van der Waals surface area contributed by atoms with Gasteiger partial charge >= 0.3 is 0 Å². The molecule has 28 heteroatoms. The minimum atomic E-state index is -1.24. The van der Waals surface area contributed by atoms with Crippen LogP contribution in [0.15, 0.2) is 90.7 Å². The van der Waals surface area contributed by atoms with Crippen molar-refractivity contribution in [2.75, 3.05) is 71.1 Å². The van der Waals surface area contributed by atoms with Crippen molar-refractivity contribution in [3.63, 3.8) is 0 Å².